The molecule has 1 saturated carbocycles. The first-order valence-electron chi connectivity index (χ1n) is 9.23. The molecule has 0 heterocycles. The Hall–Kier alpha value is -1.02. The van der Waals surface area contributed by atoms with Gasteiger partial charge in [0.1, 0.15) is 5.75 Å². The maximum atomic E-state index is 9.92. The second-order valence-electron chi connectivity index (χ2n) is 7.30. The van der Waals surface area contributed by atoms with Crippen molar-refractivity contribution in [1.82, 2.24) is 4.90 Å². The number of phenolic OH excluding ortho intramolecular Hbond substituents is 1. The van der Waals surface area contributed by atoms with Crippen LogP contribution in [-0.4, -0.2) is 28.6 Å². The number of fused-ring (bicyclic) bond motifs is 3. The molecule has 0 aromatic heterocycles. The van der Waals surface area contributed by atoms with Crippen molar-refractivity contribution in [2.75, 3.05) is 6.54 Å². The zero-order valence-electron chi connectivity index (χ0n) is 14.4. The highest BCUT2D eigenvalue weighted by molar-refractivity contribution is 5.41. The minimum Gasteiger partial charge on any atom is -0.508 e. The monoisotopic (exact) mass is 301 g/mol. The Morgan fingerprint density at radius 2 is 2.00 bits per heavy atom. The van der Waals surface area contributed by atoms with E-state index in [1.165, 1.54) is 43.2 Å². The van der Waals surface area contributed by atoms with Crippen LogP contribution in [0.1, 0.15) is 69.9 Å². The summed E-state index contributed by atoms with van der Waals surface area (Å²) in [7, 11) is 0. The molecule has 22 heavy (non-hydrogen) atoms. The molecule has 0 saturated heterocycles. The summed E-state index contributed by atoms with van der Waals surface area (Å²) in [6.07, 6.45) is 7.77. The molecule has 0 bridgehead atoms. The SMILES string of the molecule is CC[C@@H](C)N(CC)[C@@H]1Cc2ccc(O)cc2C2CCCCC21. The summed E-state index contributed by atoms with van der Waals surface area (Å²) < 4.78 is 0. The zero-order chi connectivity index (χ0) is 15.7. The van der Waals surface area contributed by atoms with Gasteiger partial charge in [0, 0.05) is 12.1 Å². The number of nitrogens with zero attached hydrogens (tertiary/aromatic N) is 1. The van der Waals surface area contributed by atoms with Gasteiger partial charge in [-0.25, -0.2) is 0 Å². The highest BCUT2D eigenvalue weighted by atomic mass is 16.3. The van der Waals surface area contributed by atoms with E-state index in [0.29, 0.717) is 23.8 Å². The van der Waals surface area contributed by atoms with Crippen molar-refractivity contribution in [1.29, 1.82) is 0 Å². The molecule has 0 amide bonds. The number of likely N-dealkylation sites (N-methyl/N-ethyl adjacent to an activating group) is 1. The first-order chi connectivity index (χ1) is 10.7. The van der Waals surface area contributed by atoms with Gasteiger partial charge in [0.25, 0.3) is 0 Å². The molecule has 2 aliphatic carbocycles. The molecule has 1 aromatic rings. The van der Waals surface area contributed by atoms with Crippen LogP contribution in [0.5, 0.6) is 5.75 Å². The molecule has 1 N–H and O–H groups in total. The van der Waals surface area contributed by atoms with Crippen molar-refractivity contribution in [3.05, 3.63) is 29.3 Å². The van der Waals surface area contributed by atoms with Gasteiger partial charge in [-0.05, 0) is 74.2 Å². The highest BCUT2D eigenvalue weighted by Crippen LogP contribution is 2.47. The van der Waals surface area contributed by atoms with E-state index in [1.54, 1.807) is 0 Å². The average Bonchev–Trinajstić information content (AvgIpc) is 2.55. The third-order valence-electron chi connectivity index (χ3n) is 6.22. The van der Waals surface area contributed by atoms with Gasteiger partial charge in [-0.1, -0.05) is 32.8 Å². The Kier molecular flexibility index (Phi) is 4.77. The Bertz CT molecular complexity index is 512. The molecule has 3 rings (SSSR count). The van der Waals surface area contributed by atoms with Gasteiger partial charge in [-0.3, -0.25) is 4.90 Å². The molecule has 2 unspecified atom stereocenters. The van der Waals surface area contributed by atoms with Crippen LogP contribution < -0.4 is 0 Å². The van der Waals surface area contributed by atoms with Crippen LogP contribution >= 0.6 is 0 Å². The first-order valence-corrected chi connectivity index (χ1v) is 9.23. The smallest absolute Gasteiger partial charge is 0.115 e. The molecule has 1 aromatic carbocycles. The van der Waals surface area contributed by atoms with E-state index < -0.39 is 0 Å². The van der Waals surface area contributed by atoms with Gasteiger partial charge in [-0.15, -0.1) is 0 Å². The molecule has 0 spiro atoms. The number of benzene rings is 1. The summed E-state index contributed by atoms with van der Waals surface area (Å²) >= 11 is 0. The van der Waals surface area contributed by atoms with Gasteiger partial charge in [0.05, 0.1) is 0 Å². The predicted octanol–water partition coefficient (Wildman–Crippen LogP) is 4.71. The zero-order valence-corrected chi connectivity index (χ0v) is 14.4. The number of aromatic hydroxyl groups is 1. The lowest BCUT2D eigenvalue weighted by molar-refractivity contribution is 0.0651. The highest BCUT2D eigenvalue weighted by Gasteiger charge is 2.41. The van der Waals surface area contributed by atoms with Crippen molar-refractivity contribution in [3.8, 4) is 5.75 Å². The van der Waals surface area contributed by atoms with Gasteiger partial charge < -0.3 is 5.11 Å². The lowest BCUT2D eigenvalue weighted by atomic mass is 9.65. The minimum atomic E-state index is 0.441. The van der Waals surface area contributed by atoms with Gasteiger partial charge in [0.15, 0.2) is 0 Å². The minimum absolute atomic E-state index is 0.441. The molecular weight excluding hydrogens is 270 g/mol. The van der Waals surface area contributed by atoms with E-state index in [-0.39, 0.29) is 0 Å². The molecule has 0 aliphatic heterocycles. The lowest BCUT2D eigenvalue weighted by Crippen LogP contribution is -2.51. The van der Waals surface area contributed by atoms with Crippen molar-refractivity contribution in [2.45, 2.75) is 77.3 Å². The van der Waals surface area contributed by atoms with Crippen LogP contribution in [0.15, 0.2) is 18.2 Å². The number of phenols is 1. The number of hydrogen-bond donors (Lipinski definition) is 1. The van der Waals surface area contributed by atoms with Gasteiger partial charge in [-0.2, -0.15) is 0 Å². The average molecular weight is 301 g/mol. The fourth-order valence-corrected chi connectivity index (χ4v) is 4.97. The van der Waals surface area contributed by atoms with Crippen LogP contribution in [0.3, 0.4) is 0 Å². The van der Waals surface area contributed by atoms with E-state index in [9.17, 15) is 5.11 Å². The van der Waals surface area contributed by atoms with Crippen molar-refractivity contribution in [2.24, 2.45) is 5.92 Å². The standard InChI is InChI=1S/C20H31NO/c1-4-14(3)21(5-2)20-12-15-10-11-16(22)13-19(15)17-8-6-7-9-18(17)20/h10-11,13-14,17-18,20,22H,4-9,12H2,1-3H3/t14-,17?,18?,20-/m1/s1. The Balaban J connectivity index is 1.97. The number of hydrogen-bond acceptors (Lipinski definition) is 2. The topological polar surface area (TPSA) is 23.5 Å². The molecule has 0 radical (unpaired) electrons. The lowest BCUT2D eigenvalue weighted by Gasteiger charge is -2.48. The van der Waals surface area contributed by atoms with Crippen LogP contribution in [0.4, 0.5) is 0 Å². The molecular formula is C20H31NO. The summed E-state index contributed by atoms with van der Waals surface area (Å²) in [6, 6.07) is 7.44. The van der Waals surface area contributed by atoms with Crippen LogP contribution in [0.25, 0.3) is 0 Å². The maximum absolute atomic E-state index is 9.92. The molecule has 2 heteroatoms. The van der Waals surface area contributed by atoms with E-state index in [0.717, 1.165) is 18.9 Å². The maximum Gasteiger partial charge on any atom is 0.115 e. The summed E-state index contributed by atoms with van der Waals surface area (Å²) in [5.74, 6) is 1.88. The fraction of sp³-hybridized carbons (Fsp3) is 0.700. The molecule has 2 aliphatic rings. The summed E-state index contributed by atoms with van der Waals surface area (Å²) in [6.45, 7) is 8.15. The predicted molar refractivity (Wildman–Crippen MR) is 92.4 cm³/mol. The third kappa shape index (κ3) is 2.78. The van der Waals surface area contributed by atoms with E-state index in [4.69, 9.17) is 0 Å². The Morgan fingerprint density at radius 1 is 1.23 bits per heavy atom. The van der Waals surface area contributed by atoms with Gasteiger partial charge in [0.2, 0.25) is 0 Å². The van der Waals surface area contributed by atoms with Crippen LogP contribution in [0, 0.1) is 5.92 Å². The van der Waals surface area contributed by atoms with Crippen LogP contribution in [0.2, 0.25) is 0 Å². The third-order valence-corrected chi connectivity index (χ3v) is 6.22. The van der Waals surface area contributed by atoms with Crippen molar-refractivity contribution >= 4 is 0 Å². The quantitative estimate of drug-likeness (QED) is 0.870. The van der Waals surface area contributed by atoms with Crippen molar-refractivity contribution in [3.63, 3.8) is 0 Å². The van der Waals surface area contributed by atoms with E-state index in [1.807, 2.05) is 12.1 Å². The summed E-state index contributed by atoms with van der Waals surface area (Å²) in [4.78, 5) is 2.75. The van der Waals surface area contributed by atoms with Crippen LogP contribution in [-0.2, 0) is 6.42 Å². The Morgan fingerprint density at radius 3 is 2.73 bits per heavy atom. The second-order valence-corrected chi connectivity index (χ2v) is 7.30. The summed E-state index contributed by atoms with van der Waals surface area (Å²) in [5.41, 5.74) is 2.92. The number of rotatable bonds is 4. The largest absolute Gasteiger partial charge is 0.508 e. The first kappa shape index (κ1) is 15.9. The molecule has 4 atom stereocenters. The normalized spacial score (nSPS) is 29.0. The van der Waals surface area contributed by atoms with E-state index >= 15 is 0 Å². The van der Waals surface area contributed by atoms with Crippen molar-refractivity contribution < 1.29 is 5.11 Å². The second kappa shape index (κ2) is 6.62. The fourth-order valence-electron chi connectivity index (χ4n) is 4.97. The van der Waals surface area contributed by atoms with E-state index in [2.05, 4.69) is 31.7 Å². The summed E-state index contributed by atoms with van der Waals surface area (Å²) in [5, 5.41) is 9.92. The molecule has 122 valence electrons. The Labute approximate surface area is 135 Å². The molecule has 1 fully saturated rings. The molecule has 2 nitrogen and oxygen atoms in total. The van der Waals surface area contributed by atoms with Gasteiger partial charge >= 0.3 is 0 Å².